The van der Waals surface area contributed by atoms with Crippen LogP contribution in [0.25, 0.3) is 11.0 Å². The van der Waals surface area contributed by atoms with E-state index in [9.17, 15) is 4.79 Å². The van der Waals surface area contributed by atoms with Crippen LogP contribution in [0.4, 0.5) is 0 Å². The van der Waals surface area contributed by atoms with Crippen LogP contribution in [-0.4, -0.2) is 39.2 Å². The monoisotopic (exact) mass is 285 g/mol. The highest BCUT2D eigenvalue weighted by Crippen LogP contribution is 2.20. The number of hydrogen-bond acceptors (Lipinski definition) is 4. The van der Waals surface area contributed by atoms with Crippen LogP contribution in [0.15, 0.2) is 12.3 Å². The zero-order chi connectivity index (χ0) is 15.6. The van der Waals surface area contributed by atoms with Crippen molar-refractivity contribution in [3.8, 4) is 6.07 Å². The lowest BCUT2D eigenvalue weighted by atomic mass is 10.1. The molecule has 2 rings (SSSR count). The molecule has 0 spiro atoms. The first-order valence-corrected chi connectivity index (χ1v) is 6.93. The molecule has 0 aliphatic carbocycles. The lowest BCUT2D eigenvalue weighted by molar-refractivity contribution is 0.0797. The van der Waals surface area contributed by atoms with Crippen LogP contribution in [0.1, 0.15) is 42.4 Å². The van der Waals surface area contributed by atoms with Crippen molar-refractivity contribution in [1.82, 2.24) is 19.7 Å². The third kappa shape index (κ3) is 2.87. The molecule has 6 heteroatoms. The number of pyridine rings is 1. The molecule has 0 atom stereocenters. The minimum atomic E-state index is -0.116. The summed E-state index contributed by atoms with van der Waals surface area (Å²) in [6, 6.07) is 4.09. The summed E-state index contributed by atoms with van der Waals surface area (Å²) in [5.41, 5.74) is 2.03. The molecule has 0 saturated heterocycles. The summed E-state index contributed by atoms with van der Waals surface area (Å²) in [5.74, 6) is -0.116. The van der Waals surface area contributed by atoms with Gasteiger partial charge < -0.3 is 4.90 Å². The molecule has 0 fully saturated rings. The first kappa shape index (κ1) is 15.0. The molecule has 0 unspecified atom stereocenters. The van der Waals surface area contributed by atoms with E-state index in [2.05, 4.69) is 10.1 Å². The van der Waals surface area contributed by atoms with Crippen molar-refractivity contribution in [2.45, 2.75) is 33.2 Å². The Morgan fingerprint density at radius 2 is 2.24 bits per heavy atom. The Kier molecular flexibility index (Phi) is 4.22. The van der Waals surface area contributed by atoms with Gasteiger partial charge in [-0.15, -0.1) is 0 Å². The third-order valence-corrected chi connectivity index (χ3v) is 3.38. The summed E-state index contributed by atoms with van der Waals surface area (Å²) in [7, 11) is 1.70. The second kappa shape index (κ2) is 5.92. The predicted octanol–water partition coefficient (Wildman–Crippen LogP) is 2.31. The number of nitriles is 1. The second-order valence-corrected chi connectivity index (χ2v) is 5.35. The van der Waals surface area contributed by atoms with Gasteiger partial charge in [-0.25, -0.2) is 9.67 Å². The van der Waals surface area contributed by atoms with Gasteiger partial charge in [0.2, 0.25) is 0 Å². The molecule has 0 aliphatic heterocycles. The van der Waals surface area contributed by atoms with Crippen molar-refractivity contribution in [3.05, 3.63) is 23.5 Å². The fraction of sp³-hybridized carbons (Fsp3) is 0.467. The average molecular weight is 285 g/mol. The van der Waals surface area contributed by atoms with Crippen molar-refractivity contribution in [3.63, 3.8) is 0 Å². The van der Waals surface area contributed by atoms with E-state index in [0.717, 1.165) is 11.0 Å². The number of nitrogens with zero attached hydrogens (tertiary/aromatic N) is 5. The quantitative estimate of drug-likeness (QED) is 0.864. The fourth-order valence-corrected chi connectivity index (χ4v) is 2.18. The van der Waals surface area contributed by atoms with Crippen molar-refractivity contribution in [2.24, 2.45) is 0 Å². The SMILES string of the molecule is Cc1nc2c(cnn2C(C)C)cc1C(=O)N(C)CCC#N. The predicted molar refractivity (Wildman–Crippen MR) is 79.8 cm³/mol. The highest BCUT2D eigenvalue weighted by atomic mass is 16.2. The van der Waals surface area contributed by atoms with Gasteiger partial charge in [-0.1, -0.05) is 0 Å². The Morgan fingerprint density at radius 1 is 1.52 bits per heavy atom. The molecular weight excluding hydrogens is 266 g/mol. The summed E-state index contributed by atoms with van der Waals surface area (Å²) in [4.78, 5) is 18.5. The zero-order valence-corrected chi connectivity index (χ0v) is 12.8. The largest absolute Gasteiger partial charge is 0.341 e. The fourth-order valence-electron chi connectivity index (χ4n) is 2.18. The lowest BCUT2D eigenvalue weighted by Gasteiger charge is -2.16. The molecule has 2 aromatic heterocycles. The Hall–Kier alpha value is -2.42. The van der Waals surface area contributed by atoms with E-state index in [1.807, 2.05) is 37.6 Å². The van der Waals surface area contributed by atoms with Crippen molar-refractivity contribution in [2.75, 3.05) is 13.6 Å². The van der Waals surface area contributed by atoms with Gasteiger partial charge in [-0.3, -0.25) is 4.79 Å². The molecule has 0 aromatic carbocycles. The molecule has 2 aromatic rings. The van der Waals surface area contributed by atoms with Gasteiger partial charge >= 0.3 is 0 Å². The van der Waals surface area contributed by atoms with Gasteiger partial charge in [0.05, 0.1) is 29.9 Å². The topological polar surface area (TPSA) is 74.8 Å². The molecule has 0 radical (unpaired) electrons. The number of aryl methyl sites for hydroxylation is 1. The van der Waals surface area contributed by atoms with Gasteiger partial charge in [-0.2, -0.15) is 10.4 Å². The first-order valence-electron chi connectivity index (χ1n) is 6.93. The van der Waals surface area contributed by atoms with E-state index in [-0.39, 0.29) is 11.9 Å². The Bertz CT molecular complexity index is 711. The average Bonchev–Trinajstić information content (AvgIpc) is 2.85. The second-order valence-electron chi connectivity index (χ2n) is 5.35. The minimum Gasteiger partial charge on any atom is -0.341 e. The summed E-state index contributed by atoms with van der Waals surface area (Å²) >= 11 is 0. The maximum absolute atomic E-state index is 12.4. The van der Waals surface area contributed by atoms with E-state index in [1.54, 1.807) is 18.1 Å². The molecule has 0 N–H and O–H groups in total. The van der Waals surface area contributed by atoms with Gasteiger partial charge in [0.1, 0.15) is 0 Å². The summed E-state index contributed by atoms with van der Waals surface area (Å²) in [6.07, 6.45) is 2.05. The standard InChI is InChI=1S/C15H19N5O/c1-10(2)20-14-12(9-17-20)8-13(11(3)18-14)15(21)19(4)7-5-6-16/h8-10H,5,7H2,1-4H3. The Morgan fingerprint density at radius 3 is 2.86 bits per heavy atom. The molecular formula is C15H19N5O. The van der Waals surface area contributed by atoms with Gasteiger partial charge in [0, 0.05) is 25.0 Å². The number of carbonyl (C=O) groups excluding carboxylic acids is 1. The zero-order valence-electron chi connectivity index (χ0n) is 12.8. The number of rotatable bonds is 4. The van der Waals surface area contributed by atoms with Crippen LogP contribution < -0.4 is 0 Å². The normalized spacial score (nSPS) is 10.9. The summed E-state index contributed by atoms with van der Waals surface area (Å²) in [5, 5.41) is 13.8. The van der Waals surface area contributed by atoms with Crippen LogP contribution in [-0.2, 0) is 0 Å². The maximum atomic E-state index is 12.4. The van der Waals surface area contributed by atoms with E-state index in [0.29, 0.717) is 24.2 Å². The first-order chi connectivity index (χ1) is 9.95. The van der Waals surface area contributed by atoms with Crippen LogP contribution in [0.2, 0.25) is 0 Å². The van der Waals surface area contributed by atoms with Crippen LogP contribution in [0.5, 0.6) is 0 Å². The lowest BCUT2D eigenvalue weighted by Crippen LogP contribution is -2.28. The number of amides is 1. The maximum Gasteiger partial charge on any atom is 0.255 e. The van der Waals surface area contributed by atoms with Crippen LogP contribution >= 0.6 is 0 Å². The molecule has 21 heavy (non-hydrogen) atoms. The molecule has 2 heterocycles. The number of carbonyl (C=O) groups is 1. The van der Waals surface area contributed by atoms with Crippen molar-refractivity contribution < 1.29 is 4.79 Å². The molecule has 1 amide bonds. The van der Waals surface area contributed by atoms with E-state index < -0.39 is 0 Å². The molecule has 0 bridgehead atoms. The summed E-state index contributed by atoms with van der Waals surface area (Å²) < 4.78 is 1.84. The van der Waals surface area contributed by atoms with Crippen LogP contribution in [0, 0.1) is 18.3 Å². The highest BCUT2D eigenvalue weighted by molar-refractivity contribution is 5.98. The molecule has 6 nitrogen and oxygen atoms in total. The molecule has 110 valence electrons. The number of fused-ring (bicyclic) bond motifs is 1. The molecule has 0 saturated carbocycles. The Balaban J connectivity index is 2.40. The van der Waals surface area contributed by atoms with Gasteiger partial charge in [0.25, 0.3) is 5.91 Å². The van der Waals surface area contributed by atoms with Crippen molar-refractivity contribution in [1.29, 1.82) is 5.26 Å². The third-order valence-electron chi connectivity index (χ3n) is 3.38. The van der Waals surface area contributed by atoms with Gasteiger partial charge in [-0.05, 0) is 26.8 Å². The molecule has 0 aliphatic rings. The summed E-state index contributed by atoms with van der Waals surface area (Å²) in [6.45, 7) is 6.32. The Labute approximate surface area is 124 Å². The minimum absolute atomic E-state index is 0.116. The van der Waals surface area contributed by atoms with Gasteiger partial charge in [0.15, 0.2) is 5.65 Å². The number of aromatic nitrogens is 3. The van der Waals surface area contributed by atoms with Crippen molar-refractivity contribution >= 4 is 16.9 Å². The number of hydrogen-bond donors (Lipinski definition) is 0. The van der Waals surface area contributed by atoms with E-state index in [4.69, 9.17) is 5.26 Å². The smallest absolute Gasteiger partial charge is 0.255 e. The van der Waals surface area contributed by atoms with E-state index in [1.165, 1.54) is 0 Å². The highest BCUT2D eigenvalue weighted by Gasteiger charge is 2.17. The van der Waals surface area contributed by atoms with Crippen LogP contribution in [0.3, 0.4) is 0 Å². The van der Waals surface area contributed by atoms with E-state index >= 15 is 0 Å².